The molecule has 0 heterocycles. The molecule has 0 aromatic carbocycles. The summed E-state index contributed by atoms with van der Waals surface area (Å²) in [6, 6.07) is -1.40. The lowest BCUT2D eigenvalue weighted by Crippen LogP contribution is -2.55. The molecule has 4 unspecified atom stereocenters. The summed E-state index contributed by atoms with van der Waals surface area (Å²) in [6.45, 7) is 4.09. The van der Waals surface area contributed by atoms with E-state index in [0.717, 1.165) is 6.42 Å². The van der Waals surface area contributed by atoms with Gasteiger partial charge >= 0.3 is 5.97 Å². The fraction of sp³-hybridized carbons (Fsp3) is 0.875. The van der Waals surface area contributed by atoms with E-state index in [1.54, 1.807) is 0 Å². The summed E-state index contributed by atoms with van der Waals surface area (Å²) in [7, 11) is 0. The number of rotatable bonds is 7. The van der Waals surface area contributed by atoms with Gasteiger partial charge < -0.3 is 21.3 Å². The van der Waals surface area contributed by atoms with E-state index < -0.39 is 30.4 Å². The van der Waals surface area contributed by atoms with Crippen molar-refractivity contribution in [1.29, 1.82) is 0 Å². The number of aliphatic hydroxyl groups is 1. The number of carbonyl (C=O) groups excluding carboxylic acids is 1. The summed E-state index contributed by atoms with van der Waals surface area (Å²) in [4.78, 5) is 22.9. The highest BCUT2D eigenvalue weighted by Crippen LogP contribution is 2.53. The predicted molar refractivity (Wildman–Crippen MR) is 81.9 cm³/mol. The fourth-order valence-corrected chi connectivity index (χ4v) is 4.50. The van der Waals surface area contributed by atoms with Gasteiger partial charge in [-0.05, 0) is 49.4 Å². The van der Waals surface area contributed by atoms with Gasteiger partial charge in [-0.2, -0.15) is 0 Å². The second-order valence-electron chi connectivity index (χ2n) is 6.98. The number of aliphatic hydroxyl groups excluding tert-OH is 1. The quantitative estimate of drug-likeness (QED) is 0.553. The first-order valence-corrected chi connectivity index (χ1v) is 8.30. The number of hydrogen-bond donors (Lipinski definition) is 4. The molecule has 126 valence electrons. The third-order valence-electron chi connectivity index (χ3n) is 5.70. The molecule has 0 aliphatic heterocycles. The maximum Gasteiger partial charge on any atom is 0.305 e. The Kier molecular flexibility index (Phi) is 5.45. The van der Waals surface area contributed by atoms with E-state index in [4.69, 9.17) is 10.8 Å². The Balaban J connectivity index is 2.07. The Morgan fingerprint density at radius 3 is 2.45 bits per heavy atom. The van der Waals surface area contributed by atoms with Gasteiger partial charge in [0.2, 0.25) is 5.91 Å². The van der Waals surface area contributed by atoms with Gasteiger partial charge in [-0.25, -0.2) is 0 Å². The maximum atomic E-state index is 12.2. The van der Waals surface area contributed by atoms with Gasteiger partial charge in [-0.15, -0.1) is 0 Å². The zero-order chi connectivity index (χ0) is 16.4. The number of amides is 1. The van der Waals surface area contributed by atoms with Gasteiger partial charge in [0.15, 0.2) is 0 Å². The molecule has 0 aromatic rings. The number of aliphatic carboxylic acids is 1. The van der Waals surface area contributed by atoms with Crippen molar-refractivity contribution in [1.82, 2.24) is 5.32 Å². The molecule has 0 radical (unpaired) electrons. The monoisotopic (exact) mass is 312 g/mol. The summed E-state index contributed by atoms with van der Waals surface area (Å²) in [5, 5.41) is 22.0. The van der Waals surface area contributed by atoms with Gasteiger partial charge in [-0.3, -0.25) is 9.59 Å². The molecule has 2 bridgehead atoms. The lowest BCUT2D eigenvalue weighted by molar-refractivity contribution is -0.139. The Morgan fingerprint density at radius 1 is 1.32 bits per heavy atom. The molecule has 22 heavy (non-hydrogen) atoms. The zero-order valence-corrected chi connectivity index (χ0v) is 13.4. The maximum absolute atomic E-state index is 12.2. The molecule has 7 atom stereocenters. The van der Waals surface area contributed by atoms with Crippen molar-refractivity contribution in [3.05, 3.63) is 0 Å². The van der Waals surface area contributed by atoms with E-state index >= 15 is 0 Å². The minimum absolute atomic E-state index is 0.259. The molecule has 0 spiro atoms. The van der Waals surface area contributed by atoms with Crippen LogP contribution in [0.5, 0.6) is 0 Å². The number of carboxylic acid groups (broad SMARTS) is 1. The van der Waals surface area contributed by atoms with Crippen LogP contribution in [0.15, 0.2) is 0 Å². The average molecular weight is 312 g/mol. The van der Waals surface area contributed by atoms with Crippen LogP contribution in [0.1, 0.15) is 46.0 Å². The number of nitrogens with one attached hydrogen (secondary N) is 1. The van der Waals surface area contributed by atoms with Crippen LogP contribution >= 0.6 is 0 Å². The first-order chi connectivity index (χ1) is 10.3. The third kappa shape index (κ3) is 3.43. The van der Waals surface area contributed by atoms with Gasteiger partial charge in [0.25, 0.3) is 0 Å². The molecule has 6 nitrogen and oxygen atoms in total. The van der Waals surface area contributed by atoms with Gasteiger partial charge in [0.1, 0.15) is 0 Å². The number of carbonyl (C=O) groups is 2. The minimum atomic E-state index is -1.09. The molecule has 5 N–H and O–H groups in total. The van der Waals surface area contributed by atoms with Crippen molar-refractivity contribution in [2.45, 2.75) is 64.1 Å². The Hall–Kier alpha value is -1.14. The molecule has 1 amide bonds. The molecular formula is C16H28N2O4. The van der Waals surface area contributed by atoms with Crippen LogP contribution in [0, 0.1) is 23.7 Å². The van der Waals surface area contributed by atoms with Crippen LogP contribution in [-0.4, -0.2) is 40.3 Å². The molecule has 2 fully saturated rings. The highest BCUT2D eigenvalue weighted by molar-refractivity contribution is 5.86. The van der Waals surface area contributed by atoms with Gasteiger partial charge in [0.05, 0.1) is 24.6 Å². The fourth-order valence-electron chi connectivity index (χ4n) is 4.50. The van der Waals surface area contributed by atoms with Crippen LogP contribution in [0.4, 0.5) is 0 Å². The molecule has 2 aliphatic rings. The van der Waals surface area contributed by atoms with Crippen LogP contribution in [0.3, 0.4) is 0 Å². The van der Waals surface area contributed by atoms with Crippen molar-refractivity contribution in [3.63, 3.8) is 0 Å². The molecule has 2 saturated carbocycles. The number of nitrogens with two attached hydrogens (primary N) is 1. The van der Waals surface area contributed by atoms with Crippen molar-refractivity contribution < 1.29 is 19.8 Å². The van der Waals surface area contributed by atoms with Crippen molar-refractivity contribution in [2.75, 3.05) is 0 Å². The molecule has 0 saturated heterocycles. The summed E-state index contributed by atoms with van der Waals surface area (Å²) in [5.74, 6) is 0.391. The van der Waals surface area contributed by atoms with Crippen LogP contribution in [-0.2, 0) is 9.59 Å². The highest BCUT2D eigenvalue weighted by Gasteiger charge is 2.50. The molecule has 0 aromatic heterocycles. The molecule has 2 rings (SSSR count). The first kappa shape index (κ1) is 17.2. The Labute approximate surface area is 131 Å². The van der Waals surface area contributed by atoms with Crippen molar-refractivity contribution in [3.8, 4) is 0 Å². The summed E-state index contributed by atoms with van der Waals surface area (Å²) >= 11 is 0. The Morgan fingerprint density at radius 2 is 1.95 bits per heavy atom. The topological polar surface area (TPSA) is 113 Å². The number of hydrogen-bond acceptors (Lipinski definition) is 4. The standard InChI is InChI=1S/C16H28N2O4/c1-3-12(19)15(18-16(22)11(17)7-13(20)21)14-8(2)9-4-5-10(14)6-9/h8-12,14-15,19H,3-7,17H2,1-2H3,(H,18,22)(H,20,21)/t8-,9?,10?,11-,12?,14+,15?/m0/s1. The second-order valence-corrected chi connectivity index (χ2v) is 6.98. The average Bonchev–Trinajstić information content (AvgIpc) is 3.04. The zero-order valence-electron chi connectivity index (χ0n) is 13.4. The van der Waals surface area contributed by atoms with E-state index in [-0.39, 0.29) is 12.0 Å². The van der Waals surface area contributed by atoms with Crippen molar-refractivity contribution in [2.24, 2.45) is 29.4 Å². The second kappa shape index (κ2) is 6.96. The molecule has 6 heteroatoms. The van der Waals surface area contributed by atoms with Crippen LogP contribution < -0.4 is 11.1 Å². The normalized spacial score (nSPS) is 34.2. The minimum Gasteiger partial charge on any atom is -0.481 e. The van der Waals surface area contributed by atoms with Gasteiger partial charge in [-0.1, -0.05) is 13.8 Å². The van der Waals surface area contributed by atoms with E-state index in [9.17, 15) is 14.7 Å². The number of carboxylic acids is 1. The highest BCUT2D eigenvalue weighted by atomic mass is 16.4. The van der Waals surface area contributed by atoms with Crippen LogP contribution in [0.25, 0.3) is 0 Å². The number of fused-ring (bicyclic) bond motifs is 2. The van der Waals surface area contributed by atoms with E-state index in [1.165, 1.54) is 12.8 Å². The lowest BCUT2D eigenvalue weighted by Gasteiger charge is -2.38. The van der Waals surface area contributed by atoms with Gasteiger partial charge in [0, 0.05) is 0 Å². The summed E-state index contributed by atoms with van der Waals surface area (Å²) in [6.07, 6.45) is 3.11. The predicted octanol–water partition coefficient (Wildman–Crippen LogP) is 0.726. The SMILES string of the molecule is CCC(O)C(NC(=O)[C@@H](N)CC(=O)O)[C@H]1C2CCC(C2)[C@@H]1C. The van der Waals surface area contributed by atoms with E-state index in [0.29, 0.717) is 24.2 Å². The van der Waals surface area contributed by atoms with E-state index in [1.807, 2.05) is 6.92 Å². The first-order valence-electron chi connectivity index (χ1n) is 8.30. The third-order valence-corrected chi connectivity index (χ3v) is 5.70. The summed E-state index contributed by atoms with van der Waals surface area (Å²) in [5.41, 5.74) is 5.64. The lowest BCUT2D eigenvalue weighted by atomic mass is 9.74. The molecule has 2 aliphatic carbocycles. The smallest absolute Gasteiger partial charge is 0.305 e. The largest absolute Gasteiger partial charge is 0.481 e. The summed E-state index contributed by atoms with van der Waals surface area (Å²) < 4.78 is 0. The van der Waals surface area contributed by atoms with Crippen molar-refractivity contribution >= 4 is 11.9 Å². The van der Waals surface area contributed by atoms with Crippen LogP contribution in [0.2, 0.25) is 0 Å². The molecular weight excluding hydrogens is 284 g/mol. The van der Waals surface area contributed by atoms with E-state index in [2.05, 4.69) is 12.2 Å². The Bertz CT molecular complexity index is 426.